The molecule has 4 nitrogen and oxygen atoms in total. The molecule has 0 unspecified atom stereocenters. The van der Waals surface area contributed by atoms with Gasteiger partial charge >= 0.3 is 11.9 Å². The van der Waals surface area contributed by atoms with Crippen LogP contribution in [0.3, 0.4) is 0 Å². The largest absolute Gasteiger partial charge is 0.478 e. The first kappa shape index (κ1) is 13.8. The molecule has 0 aromatic heterocycles. The van der Waals surface area contributed by atoms with Crippen molar-refractivity contribution in [1.82, 2.24) is 0 Å². The first-order valence-corrected chi connectivity index (χ1v) is 6.09. The number of methoxy groups -OCH3 is 1. The minimum Gasteiger partial charge on any atom is -0.478 e. The Balaban J connectivity index is 2.37. The molecule has 0 saturated heterocycles. The lowest BCUT2D eigenvalue weighted by molar-refractivity contribution is -0.142. The van der Waals surface area contributed by atoms with Crippen molar-refractivity contribution in [2.45, 2.75) is 6.42 Å². The van der Waals surface area contributed by atoms with Crippen LogP contribution in [0.5, 0.6) is 0 Å². The van der Waals surface area contributed by atoms with Crippen LogP contribution in [0.15, 0.2) is 48.0 Å². The Kier molecular flexibility index (Phi) is 4.15. The standard InChI is InChI=1S/C16H14O4/c1-20-15(17)10-14(16(18)19)9-11-6-7-12-4-2-3-5-13(12)8-11/h2-9H,10H2,1H3,(H,18,19)/b14-9+. The van der Waals surface area contributed by atoms with Gasteiger partial charge in [-0.1, -0.05) is 36.4 Å². The molecule has 1 N–H and O–H groups in total. The van der Waals surface area contributed by atoms with Gasteiger partial charge in [0.25, 0.3) is 0 Å². The van der Waals surface area contributed by atoms with Gasteiger partial charge in [-0.2, -0.15) is 0 Å². The summed E-state index contributed by atoms with van der Waals surface area (Å²) >= 11 is 0. The number of carboxylic acids is 1. The second-order valence-corrected chi connectivity index (χ2v) is 4.33. The van der Waals surface area contributed by atoms with Crippen molar-refractivity contribution in [1.29, 1.82) is 0 Å². The smallest absolute Gasteiger partial charge is 0.332 e. The molecular formula is C16H14O4. The molecule has 0 amide bonds. The van der Waals surface area contributed by atoms with E-state index < -0.39 is 11.9 Å². The lowest BCUT2D eigenvalue weighted by Gasteiger charge is -2.03. The zero-order chi connectivity index (χ0) is 14.5. The van der Waals surface area contributed by atoms with E-state index in [2.05, 4.69) is 4.74 Å². The molecule has 0 fully saturated rings. The van der Waals surface area contributed by atoms with Crippen LogP contribution in [0.2, 0.25) is 0 Å². The number of aliphatic carboxylic acids is 1. The fourth-order valence-electron chi connectivity index (χ4n) is 1.91. The Morgan fingerprint density at radius 2 is 1.85 bits per heavy atom. The van der Waals surface area contributed by atoms with E-state index in [1.807, 2.05) is 42.5 Å². The number of carboxylic acid groups (broad SMARTS) is 1. The summed E-state index contributed by atoms with van der Waals surface area (Å²) in [6, 6.07) is 13.4. The summed E-state index contributed by atoms with van der Waals surface area (Å²) in [7, 11) is 1.23. The van der Waals surface area contributed by atoms with E-state index >= 15 is 0 Å². The number of fused-ring (bicyclic) bond motifs is 1. The van der Waals surface area contributed by atoms with Crippen molar-refractivity contribution in [3.05, 3.63) is 53.6 Å². The third kappa shape index (κ3) is 3.23. The fourth-order valence-corrected chi connectivity index (χ4v) is 1.91. The molecule has 4 heteroatoms. The average molecular weight is 270 g/mol. The topological polar surface area (TPSA) is 63.6 Å². The molecule has 0 bridgehead atoms. The average Bonchev–Trinajstić information content (AvgIpc) is 2.46. The molecule has 0 heterocycles. The second-order valence-electron chi connectivity index (χ2n) is 4.33. The Labute approximate surface area is 116 Å². The second kappa shape index (κ2) is 6.02. The molecule has 0 saturated carbocycles. The lowest BCUT2D eigenvalue weighted by atomic mass is 10.0. The first-order valence-electron chi connectivity index (χ1n) is 6.09. The maximum atomic E-state index is 11.2. The van der Waals surface area contributed by atoms with E-state index in [1.165, 1.54) is 13.2 Å². The minimum atomic E-state index is -1.12. The Morgan fingerprint density at radius 1 is 1.15 bits per heavy atom. The molecular weight excluding hydrogens is 256 g/mol. The van der Waals surface area contributed by atoms with Gasteiger partial charge < -0.3 is 9.84 Å². The van der Waals surface area contributed by atoms with E-state index in [9.17, 15) is 9.59 Å². The van der Waals surface area contributed by atoms with Crippen LogP contribution in [0.25, 0.3) is 16.8 Å². The molecule has 0 aliphatic heterocycles. The van der Waals surface area contributed by atoms with Crippen molar-refractivity contribution < 1.29 is 19.4 Å². The Bertz CT molecular complexity index is 686. The number of ether oxygens (including phenoxy) is 1. The summed E-state index contributed by atoms with van der Waals surface area (Å²) in [6.45, 7) is 0. The maximum absolute atomic E-state index is 11.2. The van der Waals surface area contributed by atoms with Gasteiger partial charge in [-0.15, -0.1) is 0 Å². The number of hydrogen-bond donors (Lipinski definition) is 1. The minimum absolute atomic E-state index is 0.00660. The number of benzene rings is 2. The van der Waals surface area contributed by atoms with Crippen molar-refractivity contribution in [3.8, 4) is 0 Å². The van der Waals surface area contributed by atoms with Crippen molar-refractivity contribution in [2.75, 3.05) is 7.11 Å². The molecule has 0 spiro atoms. The predicted octanol–water partition coefficient (Wildman–Crippen LogP) is 2.87. The molecule has 0 aliphatic carbocycles. The summed E-state index contributed by atoms with van der Waals surface area (Å²) in [4.78, 5) is 22.3. The molecule has 2 aromatic carbocycles. The summed E-state index contributed by atoms with van der Waals surface area (Å²) < 4.78 is 4.50. The van der Waals surface area contributed by atoms with Crippen LogP contribution in [0.4, 0.5) is 0 Å². The number of rotatable bonds is 4. The van der Waals surface area contributed by atoms with Gasteiger partial charge in [0.1, 0.15) is 0 Å². The van der Waals surface area contributed by atoms with Gasteiger partial charge in [-0.05, 0) is 28.5 Å². The van der Waals surface area contributed by atoms with Gasteiger partial charge in [0, 0.05) is 5.57 Å². The molecule has 2 aromatic rings. The van der Waals surface area contributed by atoms with Crippen LogP contribution >= 0.6 is 0 Å². The lowest BCUT2D eigenvalue weighted by Crippen LogP contribution is -2.08. The Hall–Kier alpha value is -2.62. The summed E-state index contributed by atoms with van der Waals surface area (Å²) in [5.74, 6) is -1.69. The third-order valence-electron chi connectivity index (χ3n) is 2.95. The maximum Gasteiger partial charge on any atom is 0.332 e. The highest BCUT2D eigenvalue weighted by Gasteiger charge is 2.13. The van der Waals surface area contributed by atoms with E-state index in [0.29, 0.717) is 0 Å². The van der Waals surface area contributed by atoms with Crippen LogP contribution in [0, 0.1) is 0 Å². The van der Waals surface area contributed by atoms with Gasteiger partial charge in [0.15, 0.2) is 0 Å². The highest BCUT2D eigenvalue weighted by molar-refractivity contribution is 5.97. The van der Waals surface area contributed by atoms with Crippen molar-refractivity contribution in [3.63, 3.8) is 0 Å². The number of carbonyl (C=O) groups excluding carboxylic acids is 1. The number of carbonyl (C=O) groups is 2. The molecule has 0 radical (unpaired) electrons. The van der Waals surface area contributed by atoms with Crippen LogP contribution in [-0.4, -0.2) is 24.2 Å². The fraction of sp³-hybridized carbons (Fsp3) is 0.125. The summed E-state index contributed by atoms with van der Waals surface area (Å²) in [5, 5.41) is 11.2. The van der Waals surface area contributed by atoms with E-state index in [-0.39, 0.29) is 12.0 Å². The van der Waals surface area contributed by atoms with Crippen LogP contribution < -0.4 is 0 Å². The van der Waals surface area contributed by atoms with Crippen molar-refractivity contribution >= 4 is 28.8 Å². The monoisotopic (exact) mass is 270 g/mol. The number of esters is 1. The highest BCUT2D eigenvalue weighted by Crippen LogP contribution is 2.18. The Morgan fingerprint density at radius 3 is 2.50 bits per heavy atom. The molecule has 102 valence electrons. The third-order valence-corrected chi connectivity index (χ3v) is 2.95. The quantitative estimate of drug-likeness (QED) is 0.685. The highest BCUT2D eigenvalue weighted by atomic mass is 16.5. The normalized spacial score (nSPS) is 11.3. The molecule has 20 heavy (non-hydrogen) atoms. The van der Waals surface area contributed by atoms with Gasteiger partial charge in [0.2, 0.25) is 0 Å². The molecule has 2 rings (SSSR count). The van der Waals surface area contributed by atoms with Crippen LogP contribution in [0.1, 0.15) is 12.0 Å². The summed E-state index contributed by atoms with van der Waals surface area (Å²) in [6.07, 6.45) is 1.24. The zero-order valence-electron chi connectivity index (χ0n) is 11.0. The van der Waals surface area contributed by atoms with Gasteiger partial charge in [-0.3, -0.25) is 4.79 Å². The molecule has 0 atom stereocenters. The zero-order valence-corrected chi connectivity index (χ0v) is 11.0. The van der Waals surface area contributed by atoms with Crippen LogP contribution in [-0.2, 0) is 14.3 Å². The van der Waals surface area contributed by atoms with E-state index in [4.69, 9.17) is 5.11 Å². The predicted molar refractivity (Wildman–Crippen MR) is 76.2 cm³/mol. The van der Waals surface area contributed by atoms with Gasteiger partial charge in [0.05, 0.1) is 13.5 Å². The van der Waals surface area contributed by atoms with Gasteiger partial charge in [-0.25, -0.2) is 4.79 Å². The SMILES string of the molecule is COC(=O)C/C(=C\c1ccc2ccccc2c1)C(=O)O. The first-order chi connectivity index (χ1) is 9.60. The molecule has 0 aliphatic rings. The number of hydrogen-bond acceptors (Lipinski definition) is 3. The summed E-state index contributed by atoms with van der Waals surface area (Å²) in [5.41, 5.74) is 0.747. The van der Waals surface area contributed by atoms with Crippen molar-refractivity contribution in [2.24, 2.45) is 0 Å². The van der Waals surface area contributed by atoms with E-state index in [1.54, 1.807) is 0 Å². The van der Waals surface area contributed by atoms with E-state index in [0.717, 1.165) is 16.3 Å².